The minimum Gasteiger partial charge on any atom is -0.354 e. The Labute approximate surface area is 111 Å². The van der Waals surface area contributed by atoms with Crippen LogP contribution in [0.5, 0.6) is 0 Å². The van der Waals surface area contributed by atoms with Crippen LogP contribution in [0.15, 0.2) is 0 Å². The Morgan fingerprint density at radius 3 is 2.47 bits per heavy atom. The van der Waals surface area contributed by atoms with Crippen molar-refractivity contribution in [3.8, 4) is 0 Å². The Hall–Kier alpha value is -0.280. The van der Waals surface area contributed by atoms with Gasteiger partial charge in [0.05, 0.1) is 6.04 Å². The summed E-state index contributed by atoms with van der Waals surface area (Å²) in [5.41, 5.74) is 5.75. The third-order valence-electron chi connectivity index (χ3n) is 3.64. The molecule has 1 atom stereocenters. The Kier molecular flexibility index (Phi) is 8.61. The lowest BCUT2D eigenvalue weighted by Gasteiger charge is -2.26. The van der Waals surface area contributed by atoms with Crippen LogP contribution in [0.2, 0.25) is 0 Å². The van der Waals surface area contributed by atoms with Crippen molar-refractivity contribution in [3.63, 3.8) is 0 Å². The highest BCUT2D eigenvalue weighted by atomic mass is 35.5. The summed E-state index contributed by atoms with van der Waals surface area (Å²) in [5.74, 6) is 1.57. The molecule has 0 heterocycles. The summed E-state index contributed by atoms with van der Waals surface area (Å²) in [6.45, 7) is 5.19. The van der Waals surface area contributed by atoms with Crippen LogP contribution >= 0.6 is 12.4 Å². The van der Waals surface area contributed by atoms with Crippen LogP contribution < -0.4 is 11.1 Å². The molecule has 17 heavy (non-hydrogen) atoms. The van der Waals surface area contributed by atoms with Crippen molar-refractivity contribution in [3.05, 3.63) is 0 Å². The number of hydrogen-bond acceptors (Lipinski definition) is 2. The summed E-state index contributed by atoms with van der Waals surface area (Å²) in [6.07, 6.45) is 6.88. The van der Waals surface area contributed by atoms with Crippen molar-refractivity contribution in [2.24, 2.45) is 17.6 Å². The lowest BCUT2D eigenvalue weighted by atomic mass is 9.83. The highest BCUT2D eigenvalue weighted by Crippen LogP contribution is 2.27. The number of amides is 1. The number of hydrogen-bond donors (Lipinski definition) is 2. The largest absolute Gasteiger partial charge is 0.354 e. The van der Waals surface area contributed by atoms with Gasteiger partial charge in [-0.2, -0.15) is 0 Å². The zero-order valence-corrected chi connectivity index (χ0v) is 11.9. The van der Waals surface area contributed by atoms with E-state index in [9.17, 15) is 4.79 Å². The Morgan fingerprint density at radius 1 is 1.35 bits per heavy atom. The molecule has 0 aromatic rings. The van der Waals surface area contributed by atoms with Crippen LogP contribution in [0.4, 0.5) is 0 Å². The van der Waals surface area contributed by atoms with Gasteiger partial charge in [0.2, 0.25) is 5.91 Å². The molecular weight excluding hydrogens is 236 g/mol. The Bertz CT molecular complexity index is 215. The maximum Gasteiger partial charge on any atom is 0.236 e. The van der Waals surface area contributed by atoms with Gasteiger partial charge in [0.15, 0.2) is 0 Å². The van der Waals surface area contributed by atoms with Gasteiger partial charge in [-0.3, -0.25) is 4.79 Å². The van der Waals surface area contributed by atoms with Crippen LogP contribution in [-0.2, 0) is 4.79 Å². The number of nitrogens with two attached hydrogens (primary N) is 1. The second kappa shape index (κ2) is 8.76. The second-order valence-electron chi connectivity index (χ2n) is 5.27. The van der Waals surface area contributed by atoms with Crippen LogP contribution in [0, 0.1) is 11.8 Å². The third kappa shape index (κ3) is 6.27. The highest BCUT2D eigenvalue weighted by molar-refractivity contribution is 5.85. The SMILES string of the molecule is CCCC(N)C(=O)NCC1CCC(C)CC1.Cl. The fourth-order valence-electron chi connectivity index (χ4n) is 2.35. The third-order valence-corrected chi connectivity index (χ3v) is 3.64. The molecule has 1 amide bonds. The number of carbonyl (C=O) groups is 1. The Morgan fingerprint density at radius 2 is 1.94 bits per heavy atom. The predicted molar refractivity (Wildman–Crippen MR) is 74.3 cm³/mol. The van der Waals surface area contributed by atoms with Crippen LogP contribution in [-0.4, -0.2) is 18.5 Å². The molecule has 3 N–H and O–H groups in total. The molecule has 0 saturated heterocycles. The predicted octanol–water partition coefficient (Wildman–Crippen LogP) is 2.48. The fraction of sp³-hybridized carbons (Fsp3) is 0.923. The molecule has 0 aromatic carbocycles. The minimum absolute atomic E-state index is 0. The number of halogens is 1. The van der Waals surface area contributed by atoms with E-state index >= 15 is 0 Å². The normalized spacial score (nSPS) is 25.8. The molecular formula is C13H27ClN2O. The van der Waals surface area contributed by atoms with Gasteiger partial charge in [0, 0.05) is 6.54 Å². The van der Waals surface area contributed by atoms with Gasteiger partial charge >= 0.3 is 0 Å². The average Bonchev–Trinajstić information content (AvgIpc) is 2.28. The molecule has 1 unspecified atom stereocenters. The molecule has 1 rings (SSSR count). The summed E-state index contributed by atoms with van der Waals surface area (Å²) >= 11 is 0. The molecule has 3 nitrogen and oxygen atoms in total. The van der Waals surface area contributed by atoms with E-state index in [0.29, 0.717) is 5.92 Å². The molecule has 1 saturated carbocycles. The summed E-state index contributed by atoms with van der Waals surface area (Å²) in [4.78, 5) is 11.6. The lowest BCUT2D eigenvalue weighted by molar-refractivity contribution is -0.122. The molecule has 0 bridgehead atoms. The van der Waals surface area contributed by atoms with Gasteiger partial charge in [-0.1, -0.05) is 33.1 Å². The van der Waals surface area contributed by atoms with E-state index in [1.165, 1.54) is 25.7 Å². The maximum absolute atomic E-state index is 11.6. The average molecular weight is 263 g/mol. The van der Waals surface area contributed by atoms with E-state index in [1.807, 2.05) is 0 Å². The molecule has 0 spiro atoms. The van der Waals surface area contributed by atoms with Gasteiger partial charge in [-0.25, -0.2) is 0 Å². The van der Waals surface area contributed by atoms with E-state index < -0.39 is 0 Å². The van der Waals surface area contributed by atoms with E-state index in [1.54, 1.807) is 0 Å². The zero-order chi connectivity index (χ0) is 12.0. The summed E-state index contributed by atoms with van der Waals surface area (Å²) < 4.78 is 0. The van der Waals surface area contributed by atoms with Crippen molar-refractivity contribution < 1.29 is 4.79 Å². The fourth-order valence-corrected chi connectivity index (χ4v) is 2.35. The monoisotopic (exact) mass is 262 g/mol. The van der Waals surface area contributed by atoms with E-state index in [-0.39, 0.29) is 24.4 Å². The Balaban J connectivity index is 0.00000256. The van der Waals surface area contributed by atoms with Gasteiger partial charge in [0.25, 0.3) is 0 Å². The van der Waals surface area contributed by atoms with Gasteiger partial charge in [-0.05, 0) is 31.1 Å². The van der Waals surface area contributed by atoms with Crippen LogP contribution in [0.1, 0.15) is 52.4 Å². The summed E-state index contributed by atoms with van der Waals surface area (Å²) in [5, 5.41) is 2.99. The lowest BCUT2D eigenvalue weighted by Crippen LogP contribution is -2.42. The second-order valence-corrected chi connectivity index (χ2v) is 5.27. The van der Waals surface area contributed by atoms with E-state index in [4.69, 9.17) is 5.73 Å². The first-order chi connectivity index (χ1) is 7.63. The molecule has 0 aromatic heterocycles. The first-order valence-corrected chi connectivity index (χ1v) is 6.66. The van der Waals surface area contributed by atoms with Crippen molar-refractivity contribution in [2.45, 2.75) is 58.4 Å². The molecule has 0 aliphatic heterocycles. The van der Waals surface area contributed by atoms with Gasteiger partial charge in [0.1, 0.15) is 0 Å². The van der Waals surface area contributed by atoms with Gasteiger partial charge < -0.3 is 11.1 Å². The van der Waals surface area contributed by atoms with Crippen molar-refractivity contribution in [1.29, 1.82) is 0 Å². The topological polar surface area (TPSA) is 55.1 Å². The maximum atomic E-state index is 11.6. The number of carbonyl (C=O) groups excluding carboxylic acids is 1. The molecule has 4 heteroatoms. The van der Waals surface area contributed by atoms with E-state index in [0.717, 1.165) is 25.3 Å². The molecule has 0 radical (unpaired) electrons. The number of nitrogens with one attached hydrogen (secondary N) is 1. The first kappa shape index (κ1) is 16.7. The van der Waals surface area contributed by atoms with Crippen molar-refractivity contribution >= 4 is 18.3 Å². The smallest absolute Gasteiger partial charge is 0.236 e. The molecule has 1 aliphatic rings. The molecule has 1 aliphatic carbocycles. The summed E-state index contributed by atoms with van der Waals surface area (Å²) in [7, 11) is 0. The van der Waals surface area contributed by atoms with Crippen LogP contribution in [0.3, 0.4) is 0 Å². The zero-order valence-electron chi connectivity index (χ0n) is 11.1. The highest BCUT2D eigenvalue weighted by Gasteiger charge is 2.19. The molecule has 1 fully saturated rings. The summed E-state index contributed by atoms with van der Waals surface area (Å²) in [6, 6.07) is -0.312. The molecule has 102 valence electrons. The number of rotatable bonds is 5. The quantitative estimate of drug-likeness (QED) is 0.800. The first-order valence-electron chi connectivity index (χ1n) is 6.66. The van der Waals surface area contributed by atoms with E-state index in [2.05, 4.69) is 19.2 Å². The van der Waals surface area contributed by atoms with Crippen molar-refractivity contribution in [2.75, 3.05) is 6.54 Å². The van der Waals surface area contributed by atoms with Gasteiger partial charge in [-0.15, -0.1) is 12.4 Å². The minimum atomic E-state index is -0.312. The standard InChI is InChI=1S/C13H26N2O.ClH/c1-3-4-12(14)13(16)15-9-11-7-5-10(2)6-8-11;/h10-12H,3-9,14H2,1-2H3,(H,15,16);1H. The van der Waals surface area contributed by atoms with Crippen molar-refractivity contribution in [1.82, 2.24) is 5.32 Å². The van der Waals surface area contributed by atoms with Crippen LogP contribution in [0.25, 0.3) is 0 Å².